The third kappa shape index (κ3) is 8.17. The van der Waals surface area contributed by atoms with Crippen LogP contribution in [0.1, 0.15) is 76.2 Å². The molecule has 0 fully saturated rings. The van der Waals surface area contributed by atoms with E-state index < -0.39 is 5.97 Å². The summed E-state index contributed by atoms with van der Waals surface area (Å²) in [6.07, 6.45) is 1.60. The molecule has 1 aromatic heterocycles. The highest BCUT2D eigenvalue weighted by atomic mass is 16.6. The van der Waals surface area contributed by atoms with Gasteiger partial charge in [0.15, 0.2) is 5.78 Å². The maximum absolute atomic E-state index is 12.3. The molecule has 1 unspecified atom stereocenters. The highest BCUT2D eigenvalue weighted by molar-refractivity contribution is 5.96. The molecule has 0 spiro atoms. The summed E-state index contributed by atoms with van der Waals surface area (Å²) in [6.45, 7) is 11.1. The van der Waals surface area contributed by atoms with E-state index in [1.807, 2.05) is 24.3 Å². The molecule has 0 aliphatic rings. The van der Waals surface area contributed by atoms with Crippen molar-refractivity contribution in [2.45, 2.75) is 71.8 Å². The van der Waals surface area contributed by atoms with Crippen molar-refractivity contribution in [2.24, 2.45) is 5.92 Å². The van der Waals surface area contributed by atoms with Crippen molar-refractivity contribution in [1.82, 2.24) is 10.2 Å². The van der Waals surface area contributed by atoms with Crippen LogP contribution in [0.5, 0.6) is 6.08 Å². The fourth-order valence-corrected chi connectivity index (χ4v) is 3.80. The Morgan fingerprint density at radius 3 is 2.30 bits per heavy atom. The van der Waals surface area contributed by atoms with Gasteiger partial charge in [0.05, 0.1) is 6.04 Å². The number of hydrogen-bond donors (Lipinski definition) is 2. The van der Waals surface area contributed by atoms with E-state index in [4.69, 9.17) is 14.3 Å². The lowest BCUT2D eigenvalue weighted by atomic mass is 9.87. The molecular weight excluding hydrogens is 470 g/mol. The number of benzene rings is 2. The average Bonchev–Trinajstić information content (AvgIpc) is 3.35. The van der Waals surface area contributed by atoms with Crippen molar-refractivity contribution in [3.63, 3.8) is 0 Å². The summed E-state index contributed by atoms with van der Waals surface area (Å²) in [6, 6.07) is 15.3. The van der Waals surface area contributed by atoms with Crippen molar-refractivity contribution in [1.29, 1.82) is 0 Å². The number of nitrogens with zero attached hydrogens (tertiary/aromatic N) is 2. The minimum atomic E-state index is -0.892. The summed E-state index contributed by atoms with van der Waals surface area (Å²) >= 11 is 0. The number of rotatable bonds is 13. The largest absolute Gasteiger partial charge is 0.481 e. The minimum absolute atomic E-state index is 0.00696. The van der Waals surface area contributed by atoms with Crippen LogP contribution < -0.4 is 10.1 Å². The van der Waals surface area contributed by atoms with Crippen LogP contribution in [-0.4, -0.2) is 39.7 Å². The van der Waals surface area contributed by atoms with Gasteiger partial charge >= 0.3 is 12.0 Å². The van der Waals surface area contributed by atoms with E-state index in [1.54, 1.807) is 12.1 Å². The number of ketones is 1. The summed E-state index contributed by atoms with van der Waals surface area (Å²) in [5.41, 5.74) is 3.56. The second-order valence-corrected chi connectivity index (χ2v) is 10.4. The maximum atomic E-state index is 12.3. The van der Waals surface area contributed by atoms with E-state index in [0.717, 1.165) is 17.7 Å². The number of nitrogens with one attached hydrogen (secondary N) is 1. The molecule has 2 aromatic carbocycles. The lowest BCUT2D eigenvalue weighted by Gasteiger charge is -2.24. The first-order valence-electron chi connectivity index (χ1n) is 12.8. The number of aliphatic carboxylic acids is 1. The first-order valence-corrected chi connectivity index (χ1v) is 12.8. The molecule has 8 nitrogen and oxygen atoms in total. The van der Waals surface area contributed by atoms with Crippen molar-refractivity contribution >= 4 is 17.4 Å². The van der Waals surface area contributed by atoms with Gasteiger partial charge < -0.3 is 19.6 Å². The van der Waals surface area contributed by atoms with Gasteiger partial charge in [-0.25, -0.2) is 0 Å². The SMILES string of the molecule is CCC(C)[C@@H](COc1nnc(-c2ccc(C(C)(C)C)cc2)o1)Nc1ccc(C(=O)CCCC(=O)O)cc1. The Bertz CT molecular complexity index is 1160. The molecular formula is C29H37N3O5. The van der Waals surface area contributed by atoms with E-state index >= 15 is 0 Å². The van der Waals surface area contributed by atoms with E-state index in [9.17, 15) is 9.59 Å². The van der Waals surface area contributed by atoms with E-state index in [1.165, 1.54) is 5.56 Å². The number of ether oxygens (including phenoxy) is 1. The molecule has 37 heavy (non-hydrogen) atoms. The molecule has 2 N–H and O–H groups in total. The predicted octanol–water partition coefficient (Wildman–Crippen LogP) is 6.38. The molecule has 0 amide bonds. The number of Topliss-reactive ketones (excluding diaryl/α,β-unsaturated/α-hetero) is 1. The van der Waals surface area contributed by atoms with Crippen molar-refractivity contribution < 1.29 is 23.8 Å². The molecule has 8 heteroatoms. The molecule has 1 heterocycles. The van der Waals surface area contributed by atoms with Gasteiger partial charge in [-0.15, -0.1) is 5.10 Å². The average molecular weight is 508 g/mol. The van der Waals surface area contributed by atoms with E-state index in [2.05, 4.69) is 62.3 Å². The van der Waals surface area contributed by atoms with Gasteiger partial charge in [0.1, 0.15) is 6.61 Å². The van der Waals surface area contributed by atoms with Crippen LogP contribution in [-0.2, 0) is 10.2 Å². The zero-order chi connectivity index (χ0) is 27.0. The monoisotopic (exact) mass is 507 g/mol. The lowest BCUT2D eigenvalue weighted by molar-refractivity contribution is -0.137. The Balaban J connectivity index is 1.59. The number of carboxylic acid groups (broad SMARTS) is 1. The molecule has 0 saturated carbocycles. The lowest BCUT2D eigenvalue weighted by Crippen LogP contribution is -2.33. The Kier molecular flexibility index (Phi) is 9.44. The second kappa shape index (κ2) is 12.5. The zero-order valence-electron chi connectivity index (χ0n) is 22.3. The first-order chi connectivity index (χ1) is 17.6. The molecule has 2 atom stereocenters. The minimum Gasteiger partial charge on any atom is -0.481 e. The third-order valence-corrected chi connectivity index (χ3v) is 6.47. The Morgan fingerprint density at radius 1 is 1.03 bits per heavy atom. The van der Waals surface area contributed by atoms with Gasteiger partial charge in [-0.3, -0.25) is 9.59 Å². The van der Waals surface area contributed by atoms with Crippen molar-refractivity contribution in [3.8, 4) is 17.5 Å². The van der Waals surface area contributed by atoms with Crippen LogP contribution in [0.4, 0.5) is 5.69 Å². The Labute approximate surface area is 218 Å². The van der Waals surface area contributed by atoms with Crippen LogP contribution in [0.25, 0.3) is 11.5 Å². The number of aromatic nitrogens is 2. The number of carboxylic acids is 1. The van der Waals surface area contributed by atoms with Crippen LogP contribution in [0.3, 0.4) is 0 Å². The molecule has 0 aliphatic carbocycles. The fourth-order valence-electron chi connectivity index (χ4n) is 3.80. The van der Waals surface area contributed by atoms with Gasteiger partial charge in [-0.1, -0.05) is 58.3 Å². The van der Waals surface area contributed by atoms with Crippen LogP contribution in [0.15, 0.2) is 52.9 Å². The third-order valence-electron chi connectivity index (χ3n) is 6.47. The molecule has 0 radical (unpaired) electrons. The van der Waals surface area contributed by atoms with Gasteiger partial charge in [-0.05, 0) is 59.7 Å². The number of carbonyl (C=O) groups excluding carboxylic acids is 1. The Morgan fingerprint density at radius 2 is 1.70 bits per heavy atom. The van der Waals surface area contributed by atoms with Crippen molar-refractivity contribution in [3.05, 3.63) is 59.7 Å². The standard InChI is InChI=1S/C29H37N3O5/c1-6-19(2)24(30-23-16-12-20(13-17-23)25(33)8-7-9-26(34)35)18-36-28-32-31-27(37-28)21-10-14-22(15-11-21)29(3,4)5/h10-17,19,24,30H,6-9,18H2,1-5H3,(H,34,35)/t19?,24-/m1/s1. The molecule has 3 rings (SSSR count). The smallest absolute Gasteiger partial charge is 0.414 e. The number of anilines is 1. The number of hydrogen-bond acceptors (Lipinski definition) is 7. The maximum Gasteiger partial charge on any atom is 0.414 e. The summed E-state index contributed by atoms with van der Waals surface area (Å²) < 4.78 is 11.6. The normalized spacial score (nSPS) is 13.1. The van der Waals surface area contributed by atoms with Gasteiger partial charge in [-0.2, -0.15) is 0 Å². The predicted molar refractivity (Wildman–Crippen MR) is 143 cm³/mol. The molecule has 0 bridgehead atoms. The van der Waals surface area contributed by atoms with Crippen molar-refractivity contribution in [2.75, 3.05) is 11.9 Å². The quantitative estimate of drug-likeness (QED) is 0.256. The topological polar surface area (TPSA) is 115 Å². The van der Waals surface area contributed by atoms with Crippen LogP contribution >= 0.6 is 0 Å². The van der Waals surface area contributed by atoms with Gasteiger partial charge in [0.2, 0.25) is 0 Å². The molecule has 0 saturated heterocycles. The van der Waals surface area contributed by atoms with E-state index in [-0.39, 0.29) is 36.2 Å². The molecule has 3 aromatic rings. The highest BCUT2D eigenvalue weighted by Crippen LogP contribution is 2.27. The summed E-state index contributed by atoms with van der Waals surface area (Å²) in [7, 11) is 0. The Hall–Kier alpha value is -3.68. The second-order valence-electron chi connectivity index (χ2n) is 10.4. The zero-order valence-corrected chi connectivity index (χ0v) is 22.3. The molecule has 198 valence electrons. The first kappa shape index (κ1) is 27.9. The summed E-state index contributed by atoms with van der Waals surface area (Å²) in [5.74, 6) is -0.246. The van der Waals surface area contributed by atoms with Gasteiger partial charge in [0, 0.05) is 29.7 Å². The van der Waals surface area contributed by atoms with Gasteiger partial charge in [0.25, 0.3) is 5.89 Å². The van der Waals surface area contributed by atoms with Crippen LogP contribution in [0.2, 0.25) is 0 Å². The summed E-state index contributed by atoms with van der Waals surface area (Å²) in [4.78, 5) is 22.9. The molecule has 0 aliphatic heterocycles. The van der Waals surface area contributed by atoms with Crippen LogP contribution in [0, 0.1) is 5.92 Å². The number of carbonyl (C=O) groups is 2. The summed E-state index contributed by atoms with van der Waals surface area (Å²) in [5, 5.41) is 20.4. The fraction of sp³-hybridized carbons (Fsp3) is 0.448. The van der Waals surface area contributed by atoms with E-state index in [0.29, 0.717) is 30.4 Å². The highest BCUT2D eigenvalue weighted by Gasteiger charge is 2.20.